The fraction of sp³-hybridized carbons (Fsp3) is 0.444. The molecule has 0 saturated heterocycles. The van der Waals surface area contributed by atoms with Gasteiger partial charge in [0.2, 0.25) is 5.95 Å². The number of nitrogens with zero attached hydrogens (tertiary/aromatic N) is 2. The number of benzene rings is 1. The van der Waals surface area contributed by atoms with Gasteiger partial charge in [0.25, 0.3) is 0 Å². The van der Waals surface area contributed by atoms with Gasteiger partial charge in [-0.3, -0.25) is 0 Å². The summed E-state index contributed by atoms with van der Waals surface area (Å²) in [6.45, 7) is 0.732. The van der Waals surface area contributed by atoms with Crippen molar-refractivity contribution in [1.82, 2.24) is 9.97 Å². The summed E-state index contributed by atoms with van der Waals surface area (Å²) in [5.41, 5.74) is 13.8. The summed E-state index contributed by atoms with van der Waals surface area (Å²) in [4.78, 5) is 8.60. The Morgan fingerprint density at radius 3 is 2.41 bits per heavy atom. The lowest BCUT2D eigenvalue weighted by Gasteiger charge is -2.32. The van der Waals surface area contributed by atoms with Gasteiger partial charge < -0.3 is 26.3 Å². The van der Waals surface area contributed by atoms with Gasteiger partial charge in [0.15, 0.2) is 11.5 Å². The van der Waals surface area contributed by atoms with Crippen molar-refractivity contribution in [3.05, 3.63) is 35.5 Å². The first-order valence-electron chi connectivity index (χ1n) is 8.44. The molecule has 1 aromatic heterocycles. The maximum absolute atomic E-state index is 5.86. The maximum Gasteiger partial charge on any atom is 0.222 e. The number of ether oxygens (including phenoxy) is 2. The standard InChI is InChI=1S/C18H25N5O2.2ClH/c1-24-15-4-3-11(7-16(15)25-2)5-6-21-17-10-14(22-18(20)23-17)12-8-13(19)9-12;;/h3-4,7,10,12-13H,5-6,8-9,19H2,1-2H3,(H3,20,21,22,23);2*1H. The summed E-state index contributed by atoms with van der Waals surface area (Å²) in [5.74, 6) is 2.91. The van der Waals surface area contributed by atoms with Crippen molar-refractivity contribution >= 4 is 36.6 Å². The van der Waals surface area contributed by atoms with Crippen molar-refractivity contribution < 1.29 is 9.47 Å². The smallest absolute Gasteiger partial charge is 0.222 e. The molecule has 0 aliphatic heterocycles. The van der Waals surface area contributed by atoms with E-state index in [0.29, 0.717) is 11.9 Å². The molecule has 1 saturated carbocycles. The highest BCUT2D eigenvalue weighted by atomic mass is 35.5. The largest absolute Gasteiger partial charge is 0.493 e. The van der Waals surface area contributed by atoms with E-state index in [1.54, 1.807) is 14.2 Å². The van der Waals surface area contributed by atoms with Crippen molar-refractivity contribution in [2.45, 2.75) is 31.2 Å². The van der Waals surface area contributed by atoms with Crippen molar-refractivity contribution in [3.8, 4) is 11.5 Å². The van der Waals surface area contributed by atoms with Crippen LogP contribution in [0.25, 0.3) is 0 Å². The van der Waals surface area contributed by atoms with Crippen LogP contribution in [0.3, 0.4) is 0 Å². The van der Waals surface area contributed by atoms with E-state index in [0.717, 1.165) is 54.4 Å². The van der Waals surface area contributed by atoms with Crippen LogP contribution >= 0.6 is 24.8 Å². The SMILES string of the molecule is COc1ccc(CCNc2cc(C3CC(N)C3)nc(N)n2)cc1OC.Cl.Cl. The molecular weight excluding hydrogens is 389 g/mol. The van der Waals surface area contributed by atoms with Gasteiger partial charge in [0.1, 0.15) is 5.82 Å². The summed E-state index contributed by atoms with van der Waals surface area (Å²) in [7, 11) is 3.27. The van der Waals surface area contributed by atoms with E-state index >= 15 is 0 Å². The van der Waals surface area contributed by atoms with Gasteiger partial charge in [0, 0.05) is 24.6 Å². The molecule has 0 spiro atoms. The Labute approximate surface area is 172 Å². The molecular formula is C18H27Cl2N5O2. The van der Waals surface area contributed by atoms with Crippen LogP contribution in [0, 0.1) is 0 Å². The summed E-state index contributed by atoms with van der Waals surface area (Å²) in [6.07, 6.45) is 2.75. The molecule has 150 valence electrons. The normalized spacial score (nSPS) is 17.7. The van der Waals surface area contributed by atoms with E-state index in [2.05, 4.69) is 15.3 Å². The second-order valence-corrected chi connectivity index (χ2v) is 6.33. The molecule has 0 amide bonds. The van der Waals surface area contributed by atoms with Crippen LogP contribution in [0.5, 0.6) is 11.5 Å². The Morgan fingerprint density at radius 2 is 1.78 bits per heavy atom. The van der Waals surface area contributed by atoms with Gasteiger partial charge in [0.05, 0.1) is 19.9 Å². The van der Waals surface area contributed by atoms with Gasteiger partial charge in [-0.1, -0.05) is 6.07 Å². The van der Waals surface area contributed by atoms with Gasteiger partial charge in [-0.15, -0.1) is 24.8 Å². The number of anilines is 2. The fourth-order valence-electron chi connectivity index (χ4n) is 3.06. The third kappa shape index (κ3) is 5.76. The first-order chi connectivity index (χ1) is 12.1. The Kier molecular flexibility index (Phi) is 8.88. The van der Waals surface area contributed by atoms with Crippen LogP contribution < -0.4 is 26.3 Å². The minimum atomic E-state index is 0. The van der Waals surface area contributed by atoms with E-state index in [1.165, 1.54) is 0 Å². The quantitative estimate of drug-likeness (QED) is 0.637. The molecule has 1 aliphatic carbocycles. The molecule has 0 atom stereocenters. The molecule has 9 heteroatoms. The zero-order valence-corrected chi connectivity index (χ0v) is 17.1. The average molecular weight is 416 g/mol. The van der Waals surface area contributed by atoms with Gasteiger partial charge in [-0.25, -0.2) is 4.98 Å². The number of halogens is 2. The average Bonchev–Trinajstić information content (AvgIpc) is 2.58. The maximum atomic E-state index is 5.86. The molecule has 1 aliphatic rings. The van der Waals surface area contributed by atoms with Crippen LogP contribution in [-0.4, -0.2) is 36.8 Å². The summed E-state index contributed by atoms with van der Waals surface area (Å²) in [6, 6.07) is 8.17. The topological polar surface area (TPSA) is 108 Å². The number of nitrogens with two attached hydrogens (primary N) is 2. The summed E-state index contributed by atoms with van der Waals surface area (Å²) in [5, 5.41) is 3.32. The molecule has 0 unspecified atom stereocenters. The Morgan fingerprint density at radius 1 is 1.07 bits per heavy atom. The first kappa shape index (κ1) is 23.1. The molecule has 3 rings (SSSR count). The fourth-order valence-corrected chi connectivity index (χ4v) is 3.06. The predicted molar refractivity (Wildman–Crippen MR) is 113 cm³/mol. The Balaban J connectivity index is 0.00000182. The molecule has 27 heavy (non-hydrogen) atoms. The number of aromatic nitrogens is 2. The van der Waals surface area contributed by atoms with E-state index in [4.69, 9.17) is 20.9 Å². The molecule has 1 fully saturated rings. The van der Waals surface area contributed by atoms with Crippen molar-refractivity contribution in [3.63, 3.8) is 0 Å². The first-order valence-corrected chi connectivity index (χ1v) is 8.44. The van der Waals surface area contributed by atoms with E-state index < -0.39 is 0 Å². The van der Waals surface area contributed by atoms with Crippen LogP contribution in [0.4, 0.5) is 11.8 Å². The lowest BCUT2D eigenvalue weighted by molar-refractivity contribution is 0.345. The molecule has 0 bridgehead atoms. The third-order valence-electron chi connectivity index (χ3n) is 4.52. The molecule has 1 aromatic carbocycles. The van der Waals surface area contributed by atoms with Crippen molar-refractivity contribution in [1.29, 1.82) is 0 Å². The van der Waals surface area contributed by atoms with Crippen LogP contribution in [-0.2, 0) is 6.42 Å². The zero-order chi connectivity index (χ0) is 17.8. The van der Waals surface area contributed by atoms with Gasteiger partial charge in [-0.2, -0.15) is 4.98 Å². The number of nitrogens with one attached hydrogen (secondary N) is 1. The molecule has 2 aromatic rings. The van der Waals surface area contributed by atoms with E-state index in [9.17, 15) is 0 Å². The molecule has 0 radical (unpaired) electrons. The number of rotatable bonds is 7. The predicted octanol–water partition coefficient (Wildman–Crippen LogP) is 2.78. The van der Waals surface area contributed by atoms with Gasteiger partial charge >= 0.3 is 0 Å². The second-order valence-electron chi connectivity index (χ2n) is 6.33. The number of nitrogen functional groups attached to an aromatic ring is 1. The number of hydrogen-bond acceptors (Lipinski definition) is 7. The molecule has 5 N–H and O–H groups in total. The minimum absolute atomic E-state index is 0. The summed E-state index contributed by atoms with van der Waals surface area (Å²) >= 11 is 0. The highest BCUT2D eigenvalue weighted by Crippen LogP contribution is 2.35. The summed E-state index contributed by atoms with van der Waals surface area (Å²) < 4.78 is 10.6. The number of methoxy groups -OCH3 is 2. The van der Waals surface area contributed by atoms with Crippen LogP contribution in [0.1, 0.15) is 30.0 Å². The highest BCUT2D eigenvalue weighted by molar-refractivity contribution is 5.85. The van der Waals surface area contributed by atoms with E-state index in [1.807, 2.05) is 24.3 Å². The van der Waals surface area contributed by atoms with Gasteiger partial charge in [-0.05, 0) is 37.0 Å². The lowest BCUT2D eigenvalue weighted by Crippen LogP contribution is -2.35. The van der Waals surface area contributed by atoms with Crippen molar-refractivity contribution in [2.24, 2.45) is 5.73 Å². The number of hydrogen-bond donors (Lipinski definition) is 3. The van der Waals surface area contributed by atoms with Crippen molar-refractivity contribution in [2.75, 3.05) is 31.8 Å². The van der Waals surface area contributed by atoms with Crippen LogP contribution in [0.15, 0.2) is 24.3 Å². The monoisotopic (exact) mass is 415 g/mol. The second kappa shape index (κ2) is 10.4. The lowest BCUT2D eigenvalue weighted by atomic mass is 9.78. The Bertz CT molecular complexity index is 742. The zero-order valence-electron chi connectivity index (χ0n) is 15.5. The third-order valence-corrected chi connectivity index (χ3v) is 4.52. The van der Waals surface area contributed by atoms with E-state index in [-0.39, 0.29) is 30.9 Å². The minimum Gasteiger partial charge on any atom is -0.493 e. The highest BCUT2D eigenvalue weighted by Gasteiger charge is 2.29. The van der Waals surface area contributed by atoms with Crippen LogP contribution in [0.2, 0.25) is 0 Å². The molecule has 1 heterocycles. The Hall–Kier alpha value is -1.96. The molecule has 7 nitrogen and oxygen atoms in total.